The number of halogens is 1. The summed E-state index contributed by atoms with van der Waals surface area (Å²) in [7, 11) is 0. The molecule has 0 aliphatic rings. The molecule has 10 nitrogen and oxygen atoms in total. The first-order valence-corrected chi connectivity index (χ1v) is 9.38. The number of fused-ring (bicyclic) bond motifs is 1. The molecule has 0 unspecified atom stereocenters. The molecule has 0 aliphatic carbocycles. The number of hydrogen-bond donors (Lipinski definition) is 3. The standard InChI is InChI=1S/C16H19FN8O2S/c1-4-9(28-14-10-11(21-6-20-10)22-15(18)25-14)12(26)23-16-19-5-8(17)13(24-16)27-7(2)3/h5-7,9H,4H2,1-3H3,(H,19,23,24,26)(H3,18,20,21,22,25)/t9-/m0/s1. The molecule has 1 atom stereocenters. The molecule has 0 aliphatic heterocycles. The number of nitrogen functional groups attached to an aromatic ring is 1. The third-order valence-corrected chi connectivity index (χ3v) is 4.83. The summed E-state index contributed by atoms with van der Waals surface area (Å²) < 4.78 is 19.0. The summed E-state index contributed by atoms with van der Waals surface area (Å²) in [6.07, 6.45) is 2.65. The van der Waals surface area contributed by atoms with Crippen molar-refractivity contribution in [3.8, 4) is 5.88 Å². The minimum Gasteiger partial charge on any atom is -0.473 e. The van der Waals surface area contributed by atoms with E-state index in [0.29, 0.717) is 22.6 Å². The highest BCUT2D eigenvalue weighted by atomic mass is 32.2. The molecule has 3 rings (SSSR count). The molecule has 0 saturated heterocycles. The zero-order chi connectivity index (χ0) is 20.3. The van der Waals surface area contributed by atoms with Crippen LogP contribution in [0.2, 0.25) is 0 Å². The van der Waals surface area contributed by atoms with E-state index in [0.717, 1.165) is 6.20 Å². The molecular formula is C16H19FN8O2S. The second-order valence-corrected chi connectivity index (χ2v) is 7.20. The van der Waals surface area contributed by atoms with Crippen molar-refractivity contribution in [3.05, 3.63) is 18.3 Å². The number of carbonyl (C=O) groups excluding carboxylic acids is 1. The van der Waals surface area contributed by atoms with E-state index >= 15 is 0 Å². The van der Waals surface area contributed by atoms with E-state index < -0.39 is 11.1 Å². The molecule has 148 valence electrons. The van der Waals surface area contributed by atoms with E-state index in [-0.39, 0.29) is 29.8 Å². The van der Waals surface area contributed by atoms with Gasteiger partial charge < -0.3 is 15.5 Å². The van der Waals surface area contributed by atoms with Crippen molar-refractivity contribution in [1.29, 1.82) is 0 Å². The van der Waals surface area contributed by atoms with Crippen LogP contribution in [0.25, 0.3) is 11.2 Å². The lowest BCUT2D eigenvalue weighted by Gasteiger charge is -2.15. The SMILES string of the molecule is CC[C@H](Sc1nc(N)nc2nc[nH]c12)C(=O)Nc1ncc(F)c(OC(C)C)n1. The molecule has 28 heavy (non-hydrogen) atoms. The number of imidazole rings is 1. The Morgan fingerprint density at radius 2 is 2.14 bits per heavy atom. The van der Waals surface area contributed by atoms with E-state index in [4.69, 9.17) is 10.5 Å². The van der Waals surface area contributed by atoms with Crippen molar-refractivity contribution >= 4 is 40.7 Å². The van der Waals surface area contributed by atoms with Gasteiger partial charge in [-0.1, -0.05) is 18.7 Å². The van der Waals surface area contributed by atoms with Gasteiger partial charge in [0.25, 0.3) is 5.88 Å². The van der Waals surface area contributed by atoms with Gasteiger partial charge in [0.1, 0.15) is 10.5 Å². The summed E-state index contributed by atoms with van der Waals surface area (Å²) in [6, 6.07) is 0. The Morgan fingerprint density at radius 1 is 1.36 bits per heavy atom. The lowest BCUT2D eigenvalue weighted by atomic mass is 10.3. The minimum absolute atomic E-state index is 0.0463. The van der Waals surface area contributed by atoms with Crippen LogP contribution in [-0.4, -0.2) is 47.2 Å². The number of aromatic nitrogens is 6. The molecule has 0 radical (unpaired) electrons. The summed E-state index contributed by atoms with van der Waals surface area (Å²) in [5.41, 5.74) is 6.72. The first-order valence-electron chi connectivity index (χ1n) is 8.50. The maximum absolute atomic E-state index is 13.7. The molecule has 0 fully saturated rings. The fraction of sp³-hybridized carbons (Fsp3) is 0.375. The van der Waals surface area contributed by atoms with Crippen molar-refractivity contribution in [1.82, 2.24) is 29.9 Å². The Balaban J connectivity index is 1.78. The van der Waals surface area contributed by atoms with Crippen molar-refractivity contribution in [2.45, 2.75) is 43.6 Å². The fourth-order valence-electron chi connectivity index (χ4n) is 2.27. The first kappa shape index (κ1) is 19.7. The summed E-state index contributed by atoms with van der Waals surface area (Å²) in [5.74, 6) is -1.26. The Hall–Kier alpha value is -3.02. The highest BCUT2D eigenvalue weighted by molar-refractivity contribution is 8.00. The van der Waals surface area contributed by atoms with Gasteiger partial charge in [-0.05, 0) is 20.3 Å². The Morgan fingerprint density at radius 3 is 2.86 bits per heavy atom. The highest BCUT2D eigenvalue weighted by Crippen LogP contribution is 2.29. The van der Waals surface area contributed by atoms with Gasteiger partial charge in [-0.2, -0.15) is 14.4 Å². The Bertz CT molecular complexity index is 996. The molecule has 3 aromatic heterocycles. The van der Waals surface area contributed by atoms with Crippen LogP contribution in [0.4, 0.5) is 16.3 Å². The molecule has 3 aromatic rings. The zero-order valence-electron chi connectivity index (χ0n) is 15.4. The van der Waals surface area contributed by atoms with Crippen LogP contribution >= 0.6 is 11.8 Å². The number of H-pyrrole nitrogens is 1. The quantitative estimate of drug-likeness (QED) is 0.397. The number of nitrogens with two attached hydrogens (primary N) is 1. The number of nitrogens with zero attached hydrogens (tertiary/aromatic N) is 5. The summed E-state index contributed by atoms with van der Waals surface area (Å²) in [6.45, 7) is 5.34. The third kappa shape index (κ3) is 4.44. The Labute approximate surface area is 163 Å². The van der Waals surface area contributed by atoms with Crippen LogP contribution in [0.15, 0.2) is 17.6 Å². The Kier molecular flexibility index (Phi) is 5.87. The number of ether oxygens (including phenoxy) is 1. The summed E-state index contributed by atoms with van der Waals surface area (Å²) in [4.78, 5) is 35.6. The highest BCUT2D eigenvalue weighted by Gasteiger charge is 2.23. The molecule has 12 heteroatoms. The number of thioether (sulfide) groups is 1. The van der Waals surface area contributed by atoms with E-state index in [1.54, 1.807) is 13.8 Å². The number of aromatic amines is 1. The fourth-order valence-corrected chi connectivity index (χ4v) is 3.29. The smallest absolute Gasteiger partial charge is 0.255 e. The zero-order valence-corrected chi connectivity index (χ0v) is 16.2. The maximum atomic E-state index is 13.7. The second-order valence-electron chi connectivity index (χ2n) is 6.01. The van der Waals surface area contributed by atoms with Crippen molar-refractivity contribution in [2.24, 2.45) is 0 Å². The molecule has 0 saturated carbocycles. The molecule has 0 spiro atoms. The maximum Gasteiger partial charge on any atom is 0.255 e. The number of rotatable bonds is 7. The van der Waals surface area contributed by atoms with Gasteiger partial charge in [0.15, 0.2) is 5.65 Å². The van der Waals surface area contributed by atoms with Crippen molar-refractivity contribution in [3.63, 3.8) is 0 Å². The monoisotopic (exact) mass is 406 g/mol. The predicted octanol–water partition coefficient (Wildman–Crippen LogP) is 2.16. The van der Waals surface area contributed by atoms with Crippen molar-refractivity contribution < 1.29 is 13.9 Å². The van der Waals surface area contributed by atoms with Gasteiger partial charge in [-0.25, -0.2) is 15.0 Å². The molecule has 4 N–H and O–H groups in total. The van der Waals surface area contributed by atoms with E-state index in [1.165, 1.54) is 18.1 Å². The average molecular weight is 406 g/mol. The molecule has 1 amide bonds. The minimum atomic E-state index is -0.703. The topological polar surface area (TPSA) is 145 Å². The average Bonchev–Trinajstić information content (AvgIpc) is 3.10. The summed E-state index contributed by atoms with van der Waals surface area (Å²) >= 11 is 1.21. The van der Waals surface area contributed by atoms with Crippen molar-refractivity contribution in [2.75, 3.05) is 11.1 Å². The lowest BCUT2D eigenvalue weighted by molar-refractivity contribution is -0.115. The number of amides is 1. The van der Waals surface area contributed by atoms with Crippen LogP contribution in [0.5, 0.6) is 5.88 Å². The molecular weight excluding hydrogens is 387 g/mol. The number of anilines is 2. The summed E-state index contributed by atoms with van der Waals surface area (Å²) in [5, 5.41) is 2.56. The third-order valence-electron chi connectivity index (χ3n) is 3.48. The van der Waals surface area contributed by atoms with E-state index in [2.05, 4.69) is 35.2 Å². The van der Waals surface area contributed by atoms with Gasteiger partial charge in [-0.3, -0.25) is 10.1 Å². The van der Waals surface area contributed by atoms with Gasteiger partial charge in [0, 0.05) is 0 Å². The van der Waals surface area contributed by atoms with E-state index in [9.17, 15) is 9.18 Å². The number of carbonyl (C=O) groups is 1. The van der Waals surface area contributed by atoms with Crippen LogP contribution in [-0.2, 0) is 4.79 Å². The lowest BCUT2D eigenvalue weighted by Crippen LogP contribution is -2.26. The van der Waals surface area contributed by atoms with Gasteiger partial charge in [-0.15, -0.1) is 0 Å². The first-order chi connectivity index (χ1) is 13.4. The predicted molar refractivity (Wildman–Crippen MR) is 102 cm³/mol. The number of hydrogen-bond acceptors (Lipinski definition) is 9. The molecule has 0 bridgehead atoms. The van der Waals surface area contributed by atoms with E-state index in [1.807, 2.05) is 6.92 Å². The number of nitrogens with one attached hydrogen (secondary N) is 2. The molecule has 0 aromatic carbocycles. The largest absolute Gasteiger partial charge is 0.473 e. The normalized spacial score (nSPS) is 12.3. The second kappa shape index (κ2) is 8.33. The van der Waals surface area contributed by atoms with Crippen LogP contribution in [0.1, 0.15) is 27.2 Å². The molecule has 3 heterocycles. The van der Waals surface area contributed by atoms with Crippen LogP contribution < -0.4 is 15.8 Å². The van der Waals surface area contributed by atoms with Gasteiger partial charge in [0.2, 0.25) is 23.6 Å². The van der Waals surface area contributed by atoms with Crippen LogP contribution in [0.3, 0.4) is 0 Å². The van der Waals surface area contributed by atoms with Gasteiger partial charge >= 0.3 is 0 Å². The van der Waals surface area contributed by atoms with Crippen LogP contribution in [0, 0.1) is 5.82 Å². The van der Waals surface area contributed by atoms with Gasteiger partial charge in [0.05, 0.1) is 23.9 Å².